The molecule has 0 N–H and O–H groups in total. The highest BCUT2D eigenvalue weighted by atomic mass is 15.3. The molecule has 2 heteroatoms. The summed E-state index contributed by atoms with van der Waals surface area (Å²) < 4.78 is 0. The van der Waals surface area contributed by atoms with Crippen LogP contribution in [0.2, 0.25) is 0 Å². The zero-order chi connectivity index (χ0) is 20.4. The molecule has 0 radical (unpaired) electrons. The number of anilines is 2. The molecule has 1 heterocycles. The Morgan fingerprint density at radius 2 is 1.14 bits per heavy atom. The third kappa shape index (κ3) is 3.93. The van der Waals surface area contributed by atoms with Crippen molar-refractivity contribution in [3.8, 4) is 11.1 Å². The fraction of sp³-hybridized carbons (Fsp3) is 0.259. The van der Waals surface area contributed by atoms with Crippen LogP contribution < -0.4 is 9.80 Å². The second-order valence-corrected chi connectivity index (χ2v) is 8.39. The molecule has 4 rings (SSSR count). The monoisotopic (exact) mass is 382 g/mol. The van der Waals surface area contributed by atoms with Gasteiger partial charge in [-0.3, -0.25) is 0 Å². The normalized spacial score (nSPS) is 13.7. The molecule has 1 aliphatic rings. The zero-order valence-corrected chi connectivity index (χ0v) is 17.8. The second kappa shape index (κ2) is 8.16. The van der Waals surface area contributed by atoms with Crippen LogP contribution in [0.5, 0.6) is 0 Å². The maximum atomic E-state index is 2.41. The van der Waals surface area contributed by atoms with Gasteiger partial charge in [0.2, 0.25) is 0 Å². The molecule has 0 aliphatic carbocycles. The van der Waals surface area contributed by atoms with Crippen molar-refractivity contribution >= 4 is 11.4 Å². The van der Waals surface area contributed by atoms with Gasteiger partial charge in [-0.25, -0.2) is 0 Å². The Kier molecular flexibility index (Phi) is 5.44. The molecule has 0 saturated heterocycles. The number of benzene rings is 3. The van der Waals surface area contributed by atoms with Crippen LogP contribution in [0.3, 0.4) is 0 Å². The average molecular weight is 383 g/mol. The van der Waals surface area contributed by atoms with Crippen LogP contribution in [0.4, 0.5) is 11.4 Å². The van der Waals surface area contributed by atoms with Crippen molar-refractivity contribution in [2.45, 2.75) is 39.5 Å². The summed E-state index contributed by atoms with van der Waals surface area (Å²) in [7, 11) is 0. The molecule has 3 aromatic rings. The van der Waals surface area contributed by atoms with E-state index in [0.29, 0.717) is 11.8 Å². The molecule has 1 aliphatic heterocycles. The largest absolute Gasteiger partial charge is 0.328 e. The van der Waals surface area contributed by atoms with Crippen molar-refractivity contribution in [3.63, 3.8) is 0 Å². The Hall–Kier alpha value is -3.00. The minimum atomic E-state index is 0.449. The van der Waals surface area contributed by atoms with Crippen molar-refractivity contribution in [1.82, 2.24) is 0 Å². The van der Waals surface area contributed by atoms with E-state index in [1.807, 2.05) is 0 Å². The molecular formula is C27H30N2. The predicted molar refractivity (Wildman–Crippen MR) is 125 cm³/mol. The van der Waals surface area contributed by atoms with Gasteiger partial charge < -0.3 is 9.80 Å². The topological polar surface area (TPSA) is 6.48 Å². The summed E-state index contributed by atoms with van der Waals surface area (Å²) in [4.78, 5) is 4.71. The maximum absolute atomic E-state index is 2.41. The Bertz CT molecular complexity index is 959. The first-order valence-corrected chi connectivity index (χ1v) is 10.5. The minimum absolute atomic E-state index is 0.449. The van der Waals surface area contributed by atoms with Gasteiger partial charge in [0.1, 0.15) is 0 Å². The molecule has 0 spiro atoms. The molecule has 0 aromatic heterocycles. The molecule has 0 atom stereocenters. The molecule has 29 heavy (non-hydrogen) atoms. The van der Waals surface area contributed by atoms with Crippen molar-refractivity contribution in [2.75, 3.05) is 16.5 Å². The van der Waals surface area contributed by atoms with E-state index in [2.05, 4.69) is 123 Å². The highest BCUT2D eigenvalue weighted by Crippen LogP contribution is 2.40. The first kappa shape index (κ1) is 19.3. The molecule has 0 amide bonds. The smallest absolute Gasteiger partial charge is 0.0989 e. The molecule has 148 valence electrons. The van der Waals surface area contributed by atoms with Gasteiger partial charge in [0.05, 0.1) is 6.67 Å². The molecule has 0 unspecified atom stereocenters. The Balaban J connectivity index is 1.78. The molecule has 0 saturated carbocycles. The van der Waals surface area contributed by atoms with E-state index in [4.69, 9.17) is 0 Å². The fourth-order valence-corrected chi connectivity index (χ4v) is 4.04. The lowest BCUT2D eigenvalue weighted by Gasteiger charge is -2.29. The lowest BCUT2D eigenvalue weighted by Crippen LogP contribution is -2.26. The number of para-hydroxylation sites is 1. The summed E-state index contributed by atoms with van der Waals surface area (Å²) in [5, 5.41) is 0. The second-order valence-electron chi connectivity index (χ2n) is 8.39. The van der Waals surface area contributed by atoms with Crippen LogP contribution in [0.1, 0.15) is 50.7 Å². The average Bonchev–Trinajstić information content (AvgIpc) is 3.24. The van der Waals surface area contributed by atoms with Gasteiger partial charge in [-0.05, 0) is 58.4 Å². The van der Waals surface area contributed by atoms with Gasteiger partial charge in [-0.2, -0.15) is 0 Å². The third-order valence-corrected chi connectivity index (χ3v) is 5.63. The minimum Gasteiger partial charge on any atom is -0.328 e. The lowest BCUT2D eigenvalue weighted by atomic mass is 9.88. The van der Waals surface area contributed by atoms with E-state index in [1.54, 1.807) is 0 Å². The van der Waals surface area contributed by atoms with Crippen LogP contribution >= 0.6 is 0 Å². The fourth-order valence-electron chi connectivity index (χ4n) is 4.04. The van der Waals surface area contributed by atoms with Gasteiger partial charge in [0.25, 0.3) is 0 Å². The Morgan fingerprint density at radius 1 is 0.621 bits per heavy atom. The van der Waals surface area contributed by atoms with Crippen molar-refractivity contribution < 1.29 is 0 Å². The summed E-state index contributed by atoms with van der Waals surface area (Å²) in [6.07, 6.45) is 4.41. The van der Waals surface area contributed by atoms with E-state index in [-0.39, 0.29) is 0 Å². The summed E-state index contributed by atoms with van der Waals surface area (Å²) in [5.74, 6) is 0.899. The SMILES string of the molecule is CC(C)c1cc(-c2ccccc2)cc(C(C)C)c1N1C=CN(c2ccccc2)C1. The van der Waals surface area contributed by atoms with Crippen LogP contribution in [0, 0.1) is 0 Å². The standard InChI is InChI=1S/C27H30N2/c1-20(2)25-17-23(22-11-7-5-8-12-22)18-26(21(3)4)27(25)29-16-15-28(19-29)24-13-9-6-10-14-24/h5-18,20-21H,19H2,1-4H3. The maximum Gasteiger partial charge on any atom is 0.0989 e. The van der Waals surface area contributed by atoms with Crippen LogP contribution in [-0.4, -0.2) is 6.67 Å². The summed E-state index contributed by atoms with van der Waals surface area (Å²) in [6.45, 7) is 10.0. The molecule has 0 fully saturated rings. The lowest BCUT2D eigenvalue weighted by molar-refractivity contribution is 0.817. The molecule has 2 nitrogen and oxygen atoms in total. The summed E-state index contributed by atoms with van der Waals surface area (Å²) in [6, 6.07) is 26.1. The van der Waals surface area contributed by atoms with Crippen molar-refractivity contribution in [2.24, 2.45) is 0 Å². The third-order valence-electron chi connectivity index (χ3n) is 5.63. The Morgan fingerprint density at radius 3 is 1.69 bits per heavy atom. The van der Waals surface area contributed by atoms with Gasteiger partial charge in [-0.15, -0.1) is 0 Å². The Labute approximate surface area is 175 Å². The summed E-state index contributed by atoms with van der Waals surface area (Å²) >= 11 is 0. The van der Waals surface area contributed by atoms with E-state index >= 15 is 0 Å². The van der Waals surface area contributed by atoms with E-state index in [1.165, 1.54) is 33.6 Å². The van der Waals surface area contributed by atoms with E-state index in [0.717, 1.165) is 6.67 Å². The number of rotatable bonds is 5. The number of hydrogen-bond acceptors (Lipinski definition) is 2. The molecule has 0 bridgehead atoms. The van der Waals surface area contributed by atoms with Crippen molar-refractivity contribution in [3.05, 3.63) is 96.3 Å². The highest BCUT2D eigenvalue weighted by Gasteiger charge is 2.24. The van der Waals surface area contributed by atoms with E-state index < -0.39 is 0 Å². The predicted octanol–water partition coefficient (Wildman–Crippen LogP) is 7.36. The number of nitrogens with zero attached hydrogens (tertiary/aromatic N) is 2. The van der Waals surface area contributed by atoms with Gasteiger partial charge in [-0.1, -0.05) is 76.2 Å². The van der Waals surface area contributed by atoms with Crippen molar-refractivity contribution in [1.29, 1.82) is 0 Å². The molecule has 3 aromatic carbocycles. The van der Waals surface area contributed by atoms with Crippen LogP contribution in [-0.2, 0) is 0 Å². The van der Waals surface area contributed by atoms with Crippen LogP contribution in [0.25, 0.3) is 11.1 Å². The van der Waals surface area contributed by atoms with E-state index in [9.17, 15) is 0 Å². The van der Waals surface area contributed by atoms with Gasteiger partial charge in [0, 0.05) is 23.8 Å². The summed E-state index contributed by atoms with van der Waals surface area (Å²) in [5.41, 5.74) is 8.01. The number of hydrogen-bond donors (Lipinski definition) is 0. The highest BCUT2D eigenvalue weighted by molar-refractivity contribution is 5.75. The van der Waals surface area contributed by atoms with Gasteiger partial charge in [0.15, 0.2) is 0 Å². The zero-order valence-electron chi connectivity index (χ0n) is 17.8. The first-order chi connectivity index (χ1) is 14.0. The quantitative estimate of drug-likeness (QED) is 0.455. The van der Waals surface area contributed by atoms with Crippen LogP contribution in [0.15, 0.2) is 85.2 Å². The first-order valence-electron chi connectivity index (χ1n) is 10.5. The molecular weight excluding hydrogens is 352 g/mol. The van der Waals surface area contributed by atoms with Gasteiger partial charge >= 0.3 is 0 Å².